The fourth-order valence-electron chi connectivity index (χ4n) is 2.80. The number of nitro benzene ring substituents is 1. The molecule has 0 atom stereocenters. The number of nitro groups is 1. The van der Waals surface area contributed by atoms with E-state index in [4.69, 9.17) is 9.84 Å². The van der Waals surface area contributed by atoms with E-state index in [1.165, 1.54) is 18.2 Å². The molecule has 1 aliphatic rings. The first kappa shape index (κ1) is 22.7. The number of hydrogen-bond acceptors (Lipinski definition) is 8. The zero-order valence-electron chi connectivity index (χ0n) is 17.0. The number of aliphatic hydroxyl groups excluding tert-OH is 1. The number of non-ortho nitro benzene ring substituents is 1. The summed E-state index contributed by atoms with van der Waals surface area (Å²) < 4.78 is 5.00. The summed E-state index contributed by atoms with van der Waals surface area (Å²) in [4.78, 5) is 47.1. The number of ether oxygens (including phenoxy) is 1. The first-order chi connectivity index (χ1) is 15.4. The third kappa shape index (κ3) is 6.25. The molecular weight excluding hydrogens is 420 g/mol. The van der Waals surface area contributed by atoms with Gasteiger partial charge >= 0.3 is 5.97 Å². The van der Waals surface area contributed by atoms with E-state index in [1.807, 2.05) is 0 Å². The van der Waals surface area contributed by atoms with Gasteiger partial charge in [0.05, 0.1) is 17.1 Å². The highest BCUT2D eigenvalue weighted by molar-refractivity contribution is 6.00. The summed E-state index contributed by atoms with van der Waals surface area (Å²) in [5, 5.41) is 28.1. The van der Waals surface area contributed by atoms with Crippen LogP contribution in [0.25, 0.3) is 0 Å². The van der Waals surface area contributed by atoms with Gasteiger partial charge in [0.25, 0.3) is 17.5 Å². The molecule has 0 aromatic heterocycles. The molecule has 168 valence electrons. The maximum absolute atomic E-state index is 12.4. The first-order valence-corrected chi connectivity index (χ1v) is 9.88. The third-order valence-corrected chi connectivity index (χ3v) is 4.52. The third-order valence-electron chi connectivity index (χ3n) is 4.52. The molecule has 0 radical (unpaired) electrons. The van der Waals surface area contributed by atoms with Crippen LogP contribution < -0.4 is 16.0 Å². The molecule has 32 heavy (non-hydrogen) atoms. The number of benzene rings is 2. The zero-order chi connectivity index (χ0) is 23.1. The number of hydrogen-bond donors (Lipinski definition) is 4. The van der Waals surface area contributed by atoms with Crippen LogP contribution in [-0.4, -0.2) is 53.6 Å². The predicted octanol–water partition coefficient (Wildman–Crippen LogP) is 1.69. The largest absolute Gasteiger partial charge is 0.452 e. The van der Waals surface area contributed by atoms with Gasteiger partial charge in [-0.15, -0.1) is 0 Å². The topological polar surface area (TPSA) is 160 Å². The van der Waals surface area contributed by atoms with Crippen LogP contribution in [0.1, 0.15) is 33.6 Å². The molecule has 0 aliphatic heterocycles. The zero-order valence-corrected chi connectivity index (χ0v) is 17.0. The molecule has 4 N–H and O–H groups in total. The summed E-state index contributed by atoms with van der Waals surface area (Å²) in [6.45, 7) is -0.742. The summed E-state index contributed by atoms with van der Waals surface area (Å²) in [6, 6.07) is 10.1. The number of carbonyl (C=O) groups is 3. The number of nitrogens with one attached hydrogen (secondary N) is 3. The van der Waals surface area contributed by atoms with Crippen molar-refractivity contribution in [3.05, 3.63) is 63.7 Å². The minimum absolute atomic E-state index is 0.114. The van der Waals surface area contributed by atoms with Crippen molar-refractivity contribution < 1.29 is 29.2 Å². The highest BCUT2D eigenvalue weighted by Gasteiger charge is 2.24. The molecule has 2 aromatic carbocycles. The second-order valence-corrected chi connectivity index (χ2v) is 7.09. The molecule has 0 heterocycles. The maximum atomic E-state index is 12.4. The van der Waals surface area contributed by atoms with E-state index in [0.29, 0.717) is 11.3 Å². The number of rotatable bonds is 10. The van der Waals surface area contributed by atoms with Crippen molar-refractivity contribution in [2.24, 2.45) is 0 Å². The highest BCUT2D eigenvalue weighted by atomic mass is 16.6. The fraction of sp³-hybridized carbons (Fsp3) is 0.286. The van der Waals surface area contributed by atoms with Crippen LogP contribution in [0.5, 0.6) is 0 Å². The van der Waals surface area contributed by atoms with E-state index < -0.39 is 23.4 Å². The summed E-state index contributed by atoms with van der Waals surface area (Å²) in [5.74, 6) is -1.82. The molecule has 1 aliphatic carbocycles. The Balaban J connectivity index is 1.61. The van der Waals surface area contributed by atoms with E-state index in [1.54, 1.807) is 18.2 Å². The Morgan fingerprint density at radius 3 is 2.62 bits per heavy atom. The van der Waals surface area contributed by atoms with Gasteiger partial charge in [0.2, 0.25) is 0 Å². The van der Waals surface area contributed by atoms with Crippen molar-refractivity contribution in [1.82, 2.24) is 5.32 Å². The van der Waals surface area contributed by atoms with Gasteiger partial charge in [-0.25, -0.2) is 4.79 Å². The van der Waals surface area contributed by atoms with Crippen LogP contribution in [0, 0.1) is 10.1 Å². The Morgan fingerprint density at radius 2 is 1.94 bits per heavy atom. The lowest BCUT2D eigenvalue weighted by molar-refractivity contribution is -0.384. The van der Waals surface area contributed by atoms with Crippen LogP contribution in [0.4, 0.5) is 17.1 Å². The average Bonchev–Trinajstić information content (AvgIpc) is 3.60. The van der Waals surface area contributed by atoms with Gasteiger partial charge in [-0.2, -0.15) is 0 Å². The smallest absolute Gasteiger partial charge is 0.341 e. The molecule has 0 saturated heterocycles. The van der Waals surface area contributed by atoms with Crippen molar-refractivity contribution in [2.75, 3.05) is 30.4 Å². The number of aliphatic hydroxyl groups is 1. The molecule has 1 fully saturated rings. The molecule has 3 rings (SSSR count). The Morgan fingerprint density at radius 1 is 1.16 bits per heavy atom. The van der Waals surface area contributed by atoms with Gasteiger partial charge in [-0.1, -0.05) is 6.07 Å². The molecule has 1 saturated carbocycles. The molecule has 0 spiro atoms. The molecule has 2 amide bonds. The second kappa shape index (κ2) is 10.4. The van der Waals surface area contributed by atoms with Crippen LogP contribution in [-0.2, 0) is 9.53 Å². The minimum atomic E-state index is -0.943. The lowest BCUT2D eigenvalue weighted by Gasteiger charge is -2.11. The Hall–Kier alpha value is -3.99. The number of carbonyl (C=O) groups excluding carboxylic acids is 3. The fourth-order valence-corrected chi connectivity index (χ4v) is 2.80. The van der Waals surface area contributed by atoms with E-state index >= 15 is 0 Å². The molecule has 2 aromatic rings. The number of amides is 2. The molecular formula is C21H22N4O7. The highest BCUT2D eigenvalue weighted by Crippen LogP contribution is 2.23. The molecule has 11 nitrogen and oxygen atoms in total. The lowest BCUT2D eigenvalue weighted by atomic mass is 10.1. The van der Waals surface area contributed by atoms with E-state index in [0.717, 1.165) is 18.9 Å². The number of nitrogens with zero attached hydrogens (tertiary/aromatic N) is 1. The van der Waals surface area contributed by atoms with Crippen LogP contribution in [0.15, 0.2) is 42.5 Å². The van der Waals surface area contributed by atoms with Crippen molar-refractivity contribution in [3.8, 4) is 0 Å². The summed E-state index contributed by atoms with van der Waals surface area (Å²) >= 11 is 0. The van der Waals surface area contributed by atoms with Crippen LogP contribution in [0.3, 0.4) is 0 Å². The Bertz CT molecular complexity index is 1040. The second-order valence-electron chi connectivity index (χ2n) is 7.09. The quantitative estimate of drug-likeness (QED) is 0.246. The van der Waals surface area contributed by atoms with Crippen molar-refractivity contribution >= 4 is 34.8 Å². The standard InChI is InChI=1S/C21H22N4O7/c26-9-8-22-18-7-6-16(25(30)31)11-17(18)21(29)32-12-19(27)23-15-3-1-2-13(10-15)20(28)24-14-4-5-14/h1-3,6-7,10-11,14,22,26H,4-5,8-9,12H2,(H,23,27)(H,24,28). The maximum Gasteiger partial charge on any atom is 0.341 e. The lowest BCUT2D eigenvalue weighted by Crippen LogP contribution is -2.25. The van der Waals surface area contributed by atoms with E-state index in [-0.39, 0.29) is 42.0 Å². The predicted molar refractivity (Wildman–Crippen MR) is 115 cm³/mol. The van der Waals surface area contributed by atoms with E-state index in [9.17, 15) is 24.5 Å². The summed E-state index contributed by atoms with van der Waals surface area (Å²) in [6.07, 6.45) is 1.91. The van der Waals surface area contributed by atoms with Crippen molar-refractivity contribution in [2.45, 2.75) is 18.9 Å². The summed E-state index contributed by atoms with van der Waals surface area (Å²) in [7, 11) is 0. The van der Waals surface area contributed by atoms with Crippen LogP contribution in [0.2, 0.25) is 0 Å². The van der Waals surface area contributed by atoms with Crippen LogP contribution >= 0.6 is 0 Å². The van der Waals surface area contributed by atoms with Gasteiger partial charge < -0.3 is 25.8 Å². The van der Waals surface area contributed by atoms with Gasteiger partial charge in [0.15, 0.2) is 6.61 Å². The van der Waals surface area contributed by atoms with Crippen molar-refractivity contribution in [1.29, 1.82) is 0 Å². The van der Waals surface area contributed by atoms with E-state index in [2.05, 4.69) is 16.0 Å². The van der Waals surface area contributed by atoms with Crippen molar-refractivity contribution in [3.63, 3.8) is 0 Å². The number of esters is 1. The molecule has 11 heteroatoms. The Labute approximate surface area is 182 Å². The van der Waals surface area contributed by atoms with Gasteiger partial charge in [0.1, 0.15) is 0 Å². The normalized spacial score (nSPS) is 12.5. The SMILES string of the molecule is O=C(COC(=O)c1cc([N+](=O)[O-])ccc1NCCO)Nc1cccc(C(=O)NC2CC2)c1. The van der Waals surface area contributed by atoms with Gasteiger partial charge in [0, 0.05) is 41.7 Å². The monoisotopic (exact) mass is 442 g/mol. The number of anilines is 2. The van der Waals surface area contributed by atoms with Gasteiger partial charge in [-0.3, -0.25) is 19.7 Å². The van der Waals surface area contributed by atoms with Gasteiger partial charge in [-0.05, 0) is 37.1 Å². The Kier molecular flexibility index (Phi) is 7.34. The summed E-state index contributed by atoms with van der Waals surface area (Å²) in [5.41, 5.74) is 0.513. The molecule has 0 bridgehead atoms. The minimum Gasteiger partial charge on any atom is -0.452 e. The first-order valence-electron chi connectivity index (χ1n) is 9.88. The average molecular weight is 442 g/mol. The molecule has 0 unspecified atom stereocenters.